The number of aromatic nitrogens is 3. The second kappa shape index (κ2) is 12.6. The molecule has 236 valence electrons. The molecule has 2 heterocycles. The van der Waals surface area contributed by atoms with Gasteiger partial charge in [-0.15, -0.1) is 0 Å². The summed E-state index contributed by atoms with van der Waals surface area (Å²) in [6.45, 7) is 0. The Morgan fingerprint density at radius 3 is 1.58 bits per heavy atom. The molecule has 2 aromatic heterocycles. The fourth-order valence-electron chi connectivity index (χ4n) is 6.60. The van der Waals surface area contributed by atoms with Crippen LogP contribution in [0.5, 0.6) is 0 Å². The fraction of sp³-hybridized carbons (Fsp3) is 0. The monoisotopic (exact) mass is 642 g/mol. The normalized spacial score (nSPS) is 11.2. The van der Waals surface area contributed by atoms with Crippen LogP contribution in [-0.2, 0) is 0 Å². The molecule has 0 aliphatic carbocycles. The van der Waals surface area contributed by atoms with E-state index in [4.69, 9.17) is 19.4 Å². The molecule has 0 bridgehead atoms. The maximum absolute atomic E-state index is 6.62. The van der Waals surface area contributed by atoms with E-state index in [1.54, 1.807) is 0 Å². The van der Waals surface area contributed by atoms with E-state index in [9.17, 15) is 0 Å². The number of furan rings is 1. The number of hydrogen-bond donors (Lipinski definition) is 0. The molecule has 0 amide bonds. The number of anilines is 3. The molecule has 0 saturated carbocycles. The highest BCUT2D eigenvalue weighted by Gasteiger charge is 2.21. The fourth-order valence-corrected chi connectivity index (χ4v) is 6.60. The average molecular weight is 643 g/mol. The molecule has 5 heteroatoms. The zero-order chi connectivity index (χ0) is 33.3. The molecular formula is C45H30N4O. The lowest BCUT2D eigenvalue weighted by Crippen LogP contribution is -2.11. The van der Waals surface area contributed by atoms with Gasteiger partial charge in [-0.1, -0.05) is 140 Å². The van der Waals surface area contributed by atoms with Crippen molar-refractivity contribution < 1.29 is 4.42 Å². The molecule has 9 aromatic rings. The van der Waals surface area contributed by atoms with Crippen LogP contribution >= 0.6 is 0 Å². The molecule has 0 unspecified atom stereocenters. The van der Waals surface area contributed by atoms with Crippen molar-refractivity contribution in [3.05, 3.63) is 182 Å². The van der Waals surface area contributed by atoms with Gasteiger partial charge in [-0.25, -0.2) is 15.0 Å². The highest BCUT2D eigenvalue weighted by molar-refractivity contribution is 6.12. The van der Waals surface area contributed by atoms with E-state index in [-0.39, 0.29) is 0 Å². The van der Waals surface area contributed by atoms with Crippen LogP contribution in [0.2, 0.25) is 0 Å². The first-order valence-electron chi connectivity index (χ1n) is 16.6. The first kappa shape index (κ1) is 29.3. The summed E-state index contributed by atoms with van der Waals surface area (Å²) in [6, 6.07) is 62.1. The van der Waals surface area contributed by atoms with E-state index in [0.29, 0.717) is 17.5 Å². The number of hydrogen-bond acceptors (Lipinski definition) is 5. The third-order valence-corrected chi connectivity index (χ3v) is 8.92. The van der Waals surface area contributed by atoms with Crippen LogP contribution in [0.1, 0.15) is 0 Å². The van der Waals surface area contributed by atoms with E-state index in [1.165, 1.54) is 0 Å². The van der Waals surface area contributed by atoms with E-state index in [0.717, 1.165) is 66.8 Å². The maximum Gasteiger partial charge on any atom is 0.164 e. The summed E-state index contributed by atoms with van der Waals surface area (Å²) >= 11 is 0. The summed E-state index contributed by atoms with van der Waals surface area (Å²) in [5.41, 5.74) is 9.72. The highest BCUT2D eigenvalue weighted by Crippen LogP contribution is 2.43. The summed E-state index contributed by atoms with van der Waals surface area (Å²) in [5, 5.41) is 1.96. The Kier molecular flexibility index (Phi) is 7.41. The van der Waals surface area contributed by atoms with Gasteiger partial charge in [0.15, 0.2) is 17.5 Å². The SMILES string of the molecule is c1ccc(-c2nc(-c3ccccc3)nc(-c3cccc4oc5cc(N(c6ccccc6)c6ccccc6-c6ccccc6)ccc5c34)n2)cc1. The molecule has 0 fully saturated rings. The van der Waals surface area contributed by atoms with Gasteiger partial charge in [-0.05, 0) is 42.0 Å². The smallest absolute Gasteiger partial charge is 0.164 e. The van der Waals surface area contributed by atoms with Crippen molar-refractivity contribution in [2.45, 2.75) is 0 Å². The molecule has 7 aromatic carbocycles. The van der Waals surface area contributed by atoms with Crippen molar-refractivity contribution >= 4 is 39.0 Å². The summed E-state index contributed by atoms with van der Waals surface area (Å²) in [4.78, 5) is 17.2. The summed E-state index contributed by atoms with van der Waals surface area (Å²) < 4.78 is 6.62. The lowest BCUT2D eigenvalue weighted by molar-refractivity contribution is 0.669. The van der Waals surface area contributed by atoms with Crippen LogP contribution in [0.4, 0.5) is 17.1 Å². The standard InChI is InChI=1S/C45H30N4O/c1-5-16-31(17-6-1)36-24-13-14-26-39(36)49(34-22-11-4-12-23-34)35-28-29-37-41(30-35)50-40-27-15-25-38(42(37)40)45-47-43(32-18-7-2-8-19-32)46-44(48-45)33-20-9-3-10-21-33/h1-30H. The van der Waals surface area contributed by atoms with Crippen LogP contribution in [0.3, 0.4) is 0 Å². The largest absolute Gasteiger partial charge is 0.456 e. The quantitative estimate of drug-likeness (QED) is 0.173. The van der Waals surface area contributed by atoms with E-state index in [2.05, 4.69) is 102 Å². The van der Waals surface area contributed by atoms with E-state index < -0.39 is 0 Å². The lowest BCUT2D eigenvalue weighted by atomic mass is 10.0. The Labute approximate surface area is 289 Å². The maximum atomic E-state index is 6.62. The third-order valence-electron chi connectivity index (χ3n) is 8.92. The predicted octanol–water partition coefficient (Wildman–Crippen LogP) is 11.9. The molecule has 5 nitrogen and oxygen atoms in total. The molecule has 9 rings (SSSR count). The number of para-hydroxylation sites is 2. The molecule has 0 aliphatic heterocycles. The van der Waals surface area contributed by atoms with Gasteiger partial charge < -0.3 is 9.32 Å². The van der Waals surface area contributed by atoms with Gasteiger partial charge in [0, 0.05) is 50.5 Å². The molecule has 0 saturated heterocycles. The van der Waals surface area contributed by atoms with Crippen molar-refractivity contribution in [2.75, 3.05) is 4.90 Å². The number of fused-ring (bicyclic) bond motifs is 3. The minimum absolute atomic E-state index is 0.595. The van der Waals surface area contributed by atoms with Crippen LogP contribution in [0, 0.1) is 0 Å². The Hall–Kier alpha value is -6.85. The van der Waals surface area contributed by atoms with Crippen LogP contribution in [0.25, 0.3) is 67.2 Å². The minimum Gasteiger partial charge on any atom is -0.456 e. The van der Waals surface area contributed by atoms with Crippen molar-refractivity contribution in [2.24, 2.45) is 0 Å². The first-order chi connectivity index (χ1) is 24.8. The van der Waals surface area contributed by atoms with Gasteiger partial charge in [-0.2, -0.15) is 0 Å². The van der Waals surface area contributed by atoms with Crippen molar-refractivity contribution in [1.29, 1.82) is 0 Å². The van der Waals surface area contributed by atoms with Gasteiger partial charge in [0.2, 0.25) is 0 Å². The van der Waals surface area contributed by atoms with Gasteiger partial charge in [0.05, 0.1) is 5.69 Å². The minimum atomic E-state index is 0.595. The first-order valence-corrected chi connectivity index (χ1v) is 16.6. The molecule has 0 radical (unpaired) electrons. The highest BCUT2D eigenvalue weighted by atomic mass is 16.3. The topological polar surface area (TPSA) is 55.1 Å². The molecule has 0 aliphatic rings. The molecule has 0 atom stereocenters. The summed E-state index contributed by atoms with van der Waals surface area (Å²) in [5.74, 6) is 1.84. The van der Waals surface area contributed by atoms with Crippen LogP contribution in [0.15, 0.2) is 186 Å². The molecule has 0 N–H and O–H groups in total. The van der Waals surface area contributed by atoms with Gasteiger partial charge in [-0.3, -0.25) is 0 Å². The van der Waals surface area contributed by atoms with Crippen molar-refractivity contribution in [1.82, 2.24) is 15.0 Å². The number of nitrogens with zero attached hydrogens (tertiary/aromatic N) is 4. The zero-order valence-corrected chi connectivity index (χ0v) is 27.0. The van der Waals surface area contributed by atoms with Crippen molar-refractivity contribution in [3.63, 3.8) is 0 Å². The second-order valence-electron chi connectivity index (χ2n) is 12.1. The second-order valence-corrected chi connectivity index (χ2v) is 12.1. The zero-order valence-electron chi connectivity index (χ0n) is 27.0. The van der Waals surface area contributed by atoms with Crippen molar-refractivity contribution in [3.8, 4) is 45.3 Å². The molecule has 0 spiro atoms. The average Bonchev–Trinajstić information content (AvgIpc) is 3.58. The Morgan fingerprint density at radius 2 is 0.920 bits per heavy atom. The van der Waals surface area contributed by atoms with Crippen LogP contribution < -0.4 is 4.90 Å². The van der Waals surface area contributed by atoms with Gasteiger partial charge in [0.25, 0.3) is 0 Å². The lowest BCUT2D eigenvalue weighted by Gasteiger charge is -2.27. The number of benzene rings is 7. The number of rotatable bonds is 7. The van der Waals surface area contributed by atoms with E-state index in [1.807, 2.05) is 84.9 Å². The Balaban J connectivity index is 1.22. The molecule has 50 heavy (non-hydrogen) atoms. The Bertz CT molecular complexity index is 2530. The summed E-state index contributed by atoms with van der Waals surface area (Å²) in [7, 11) is 0. The molecular weight excluding hydrogens is 613 g/mol. The Morgan fingerprint density at radius 1 is 0.380 bits per heavy atom. The van der Waals surface area contributed by atoms with Crippen LogP contribution in [-0.4, -0.2) is 15.0 Å². The van der Waals surface area contributed by atoms with Gasteiger partial charge in [0.1, 0.15) is 11.2 Å². The van der Waals surface area contributed by atoms with Gasteiger partial charge >= 0.3 is 0 Å². The van der Waals surface area contributed by atoms with E-state index >= 15 is 0 Å². The third kappa shape index (κ3) is 5.37. The predicted molar refractivity (Wildman–Crippen MR) is 204 cm³/mol. The summed E-state index contributed by atoms with van der Waals surface area (Å²) in [6.07, 6.45) is 0.